The lowest BCUT2D eigenvalue weighted by molar-refractivity contribution is -0.138. The zero-order valence-corrected chi connectivity index (χ0v) is 15.7. The number of carbonyl (C=O) groups excluding carboxylic acids is 1. The lowest BCUT2D eigenvalue weighted by Crippen LogP contribution is -2.51. The number of piperidine rings is 1. The molecule has 0 aromatic heterocycles. The van der Waals surface area contributed by atoms with Crippen molar-refractivity contribution in [2.75, 3.05) is 32.6 Å². The van der Waals surface area contributed by atoms with Gasteiger partial charge in [-0.2, -0.15) is 0 Å². The second-order valence-electron chi connectivity index (χ2n) is 6.91. The summed E-state index contributed by atoms with van der Waals surface area (Å²) < 4.78 is 0. The van der Waals surface area contributed by atoms with Gasteiger partial charge in [0, 0.05) is 31.1 Å². The highest BCUT2D eigenvalue weighted by Crippen LogP contribution is 2.50. The molecule has 0 bridgehead atoms. The van der Waals surface area contributed by atoms with Crippen LogP contribution in [0, 0.1) is 0 Å². The average molecular weight is 372 g/mol. The summed E-state index contributed by atoms with van der Waals surface area (Å²) in [7, 11) is 4.03. The summed E-state index contributed by atoms with van der Waals surface area (Å²) in [6.07, 6.45) is 0.824. The van der Waals surface area contributed by atoms with E-state index >= 15 is 0 Å². The molecule has 1 aromatic carbocycles. The topological polar surface area (TPSA) is 55.8 Å². The number of aliphatic hydroxyl groups is 1. The van der Waals surface area contributed by atoms with Crippen molar-refractivity contribution in [1.29, 1.82) is 0 Å². The molecule has 2 unspecified atom stereocenters. The minimum absolute atomic E-state index is 0.00435. The van der Waals surface area contributed by atoms with E-state index < -0.39 is 6.61 Å². The third kappa shape index (κ3) is 2.88. The first-order valence-electron chi connectivity index (χ1n) is 8.17. The minimum atomic E-state index is -0.450. The van der Waals surface area contributed by atoms with Gasteiger partial charge in [0.25, 0.3) is 0 Å². The maximum absolute atomic E-state index is 12.1. The number of hydrogen-bond donors (Lipinski definition) is 2. The Morgan fingerprint density at radius 3 is 2.79 bits per heavy atom. The molecule has 2 N–H and O–H groups in total. The number of aliphatic hydroxyl groups excluding tert-OH is 1. The number of likely N-dealkylation sites (tertiary alicyclic amines) is 1. The maximum Gasteiger partial charge on any atom is 0.248 e. The zero-order valence-electron chi connectivity index (χ0n) is 14.1. The monoisotopic (exact) mass is 371 g/mol. The Hall–Kier alpha value is -1.01. The van der Waals surface area contributed by atoms with Crippen LogP contribution < -0.4 is 5.32 Å². The fraction of sp³-hybridized carbons (Fsp3) is 0.588. The van der Waals surface area contributed by atoms with Gasteiger partial charge in [0.15, 0.2) is 0 Å². The van der Waals surface area contributed by atoms with Gasteiger partial charge in [0.05, 0.1) is 15.7 Å². The van der Waals surface area contributed by atoms with E-state index in [2.05, 4.69) is 10.2 Å². The molecule has 2 aliphatic heterocycles. The Morgan fingerprint density at radius 1 is 1.46 bits per heavy atom. The van der Waals surface area contributed by atoms with Crippen LogP contribution in [0.1, 0.15) is 30.4 Å². The van der Waals surface area contributed by atoms with Gasteiger partial charge in [0.2, 0.25) is 5.91 Å². The zero-order chi connectivity index (χ0) is 17.6. The first-order chi connectivity index (χ1) is 11.3. The van der Waals surface area contributed by atoms with Crippen LogP contribution in [0.2, 0.25) is 10.0 Å². The molecule has 3 atom stereocenters. The molecule has 132 valence electrons. The van der Waals surface area contributed by atoms with Crippen LogP contribution in [0.3, 0.4) is 0 Å². The molecule has 0 spiro atoms. The van der Waals surface area contributed by atoms with E-state index in [1.165, 1.54) is 0 Å². The highest BCUT2D eigenvalue weighted by atomic mass is 35.5. The normalized spacial score (nSPS) is 25.5. The highest BCUT2D eigenvalue weighted by Gasteiger charge is 2.45. The maximum atomic E-state index is 12.1. The number of fused-ring (bicyclic) bond motifs is 3. The molecular weight excluding hydrogens is 349 g/mol. The van der Waals surface area contributed by atoms with Gasteiger partial charge in [-0.25, -0.2) is 0 Å². The van der Waals surface area contributed by atoms with Crippen molar-refractivity contribution in [1.82, 2.24) is 9.80 Å². The number of amides is 1. The smallest absolute Gasteiger partial charge is 0.248 e. The van der Waals surface area contributed by atoms with Gasteiger partial charge in [-0.1, -0.05) is 23.2 Å². The van der Waals surface area contributed by atoms with Crippen molar-refractivity contribution >= 4 is 34.8 Å². The third-order valence-electron chi connectivity index (χ3n) is 5.08. The summed E-state index contributed by atoms with van der Waals surface area (Å²) in [6.45, 7) is 2.99. The van der Waals surface area contributed by atoms with Gasteiger partial charge in [-0.05, 0) is 44.6 Å². The summed E-state index contributed by atoms with van der Waals surface area (Å²) in [5.41, 5.74) is 3.20. The van der Waals surface area contributed by atoms with Gasteiger partial charge >= 0.3 is 0 Å². The van der Waals surface area contributed by atoms with Gasteiger partial charge in [0.1, 0.15) is 6.61 Å². The van der Waals surface area contributed by atoms with E-state index in [1.54, 1.807) is 4.90 Å². The van der Waals surface area contributed by atoms with Crippen molar-refractivity contribution in [2.24, 2.45) is 0 Å². The molecule has 1 fully saturated rings. The number of hydrogen-bond acceptors (Lipinski definition) is 4. The second kappa shape index (κ2) is 6.71. The molecule has 1 aromatic rings. The van der Waals surface area contributed by atoms with Crippen molar-refractivity contribution < 1.29 is 9.90 Å². The molecule has 3 rings (SSSR count). The highest BCUT2D eigenvalue weighted by molar-refractivity contribution is 6.44. The van der Waals surface area contributed by atoms with Crippen LogP contribution in [0.5, 0.6) is 0 Å². The first kappa shape index (κ1) is 17.8. The number of nitrogens with zero attached hydrogens (tertiary/aromatic N) is 2. The third-order valence-corrected chi connectivity index (χ3v) is 5.86. The number of halogens is 2. The first-order valence-corrected chi connectivity index (χ1v) is 8.93. The quantitative estimate of drug-likeness (QED) is 0.856. The standard InChI is InChI=1S/C17H23Cl2N3O2/c1-9-14-12(4-5-22(9)13(24)8-23)20-17-15(14)10(7-21(2)3)6-11(18)16(17)19/h6,9,12,14,20,23H,4-5,7-8H2,1-3H3/t9-,12?,14?/m0/s1. The molecule has 2 aliphatic rings. The Balaban J connectivity index is 2.06. The number of anilines is 1. The molecule has 0 radical (unpaired) electrons. The van der Waals surface area contributed by atoms with Crippen LogP contribution in [0.25, 0.3) is 0 Å². The molecule has 24 heavy (non-hydrogen) atoms. The Morgan fingerprint density at radius 2 is 2.17 bits per heavy atom. The van der Waals surface area contributed by atoms with Crippen LogP contribution in [-0.2, 0) is 11.3 Å². The van der Waals surface area contributed by atoms with Crippen molar-refractivity contribution in [3.8, 4) is 0 Å². The number of nitrogens with one attached hydrogen (secondary N) is 1. The average Bonchev–Trinajstić information content (AvgIpc) is 2.92. The Bertz CT molecular complexity index is 666. The van der Waals surface area contributed by atoms with Crippen LogP contribution in [-0.4, -0.2) is 60.1 Å². The van der Waals surface area contributed by atoms with Crippen LogP contribution >= 0.6 is 23.2 Å². The van der Waals surface area contributed by atoms with E-state index in [4.69, 9.17) is 23.2 Å². The molecule has 1 saturated heterocycles. The predicted octanol–water partition coefficient (Wildman–Crippen LogP) is 2.55. The molecule has 2 heterocycles. The summed E-state index contributed by atoms with van der Waals surface area (Å²) in [5, 5.41) is 13.9. The fourth-order valence-corrected chi connectivity index (χ4v) is 4.55. The number of rotatable bonds is 3. The Kier molecular flexibility index (Phi) is 4.98. The summed E-state index contributed by atoms with van der Waals surface area (Å²) >= 11 is 12.8. The molecule has 7 heteroatoms. The van der Waals surface area contributed by atoms with E-state index in [0.29, 0.717) is 16.6 Å². The number of benzene rings is 1. The van der Waals surface area contributed by atoms with Crippen molar-refractivity contribution in [3.05, 3.63) is 27.2 Å². The van der Waals surface area contributed by atoms with Crippen molar-refractivity contribution in [2.45, 2.75) is 37.9 Å². The van der Waals surface area contributed by atoms with E-state index in [1.807, 2.05) is 27.1 Å². The lowest BCUT2D eigenvalue weighted by Gasteiger charge is -2.41. The molecule has 0 saturated carbocycles. The summed E-state index contributed by atoms with van der Waals surface area (Å²) in [5.74, 6) is -0.0717. The summed E-state index contributed by atoms with van der Waals surface area (Å²) in [4.78, 5) is 15.9. The van der Waals surface area contributed by atoms with Crippen LogP contribution in [0.15, 0.2) is 6.07 Å². The number of carbonyl (C=O) groups is 1. The lowest BCUT2D eigenvalue weighted by atomic mass is 9.81. The van der Waals surface area contributed by atoms with Crippen LogP contribution in [0.4, 0.5) is 5.69 Å². The molecule has 1 amide bonds. The van der Waals surface area contributed by atoms with Crippen molar-refractivity contribution in [3.63, 3.8) is 0 Å². The van der Waals surface area contributed by atoms with Gasteiger partial charge in [-0.15, -0.1) is 0 Å². The SMILES string of the molecule is C[C@H]1C2c3c(CN(C)C)cc(Cl)c(Cl)c3NC2CCN1C(=O)CO. The minimum Gasteiger partial charge on any atom is -0.387 e. The van der Waals surface area contributed by atoms with Gasteiger partial charge < -0.3 is 20.2 Å². The van der Waals surface area contributed by atoms with E-state index in [0.717, 1.165) is 29.8 Å². The fourth-order valence-electron chi connectivity index (χ4n) is 4.11. The molecule has 0 aliphatic carbocycles. The molecule has 5 nitrogen and oxygen atoms in total. The van der Waals surface area contributed by atoms with E-state index in [-0.39, 0.29) is 23.9 Å². The Labute approximate surface area is 152 Å². The van der Waals surface area contributed by atoms with Gasteiger partial charge in [-0.3, -0.25) is 4.79 Å². The second-order valence-corrected chi connectivity index (χ2v) is 7.69. The summed E-state index contributed by atoms with van der Waals surface area (Å²) in [6, 6.07) is 2.16. The largest absolute Gasteiger partial charge is 0.387 e. The molecular formula is C17H23Cl2N3O2. The van der Waals surface area contributed by atoms with E-state index in [9.17, 15) is 9.90 Å². The predicted molar refractivity (Wildman–Crippen MR) is 96.9 cm³/mol.